The van der Waals surface area contributed by atoms with Crippen molar-refractivity contribution < 1.29 is 19.8 Å². The summed E-state index contributed by atoms with van der Waals surface area (Å²) in [5.41, 5.74) is 5.71. The van der Waals surface area contributed by atoms with E-state index < -0.39 is 17.9 Å². The maximum atomic E-state index is 11.6. The fourth-order valence-corrected chi connectivity index (χ4v) is 1.22. The van der Waals surface area contributed by atoms with E-state index in [4.69, 9.17) is 10.8 Å². The number of benzene rings is 1. The number of aliphatic hydroxyl groups excluding tert-OH is 1. The molecule has 0 spiro atoms. The number of aryl methyl sites for hydroxylation is 1. The number of carbonyl (C=O) groups is 2. The molecule has 1 unspecified atom stereocenters. The fraction of sp³-hybridized carbons (Fsp3) is 0.273. The van der Waals surface area contributed by atoms with Crippen molar-refractivity contribution >= 4 is 11.8 Å². The molecule has 0 aliphatic heterocycles. The normalized spacial score (nSPS) is 11.9. The number of amides is 2. The summed E-state index contributed by atoms with van der Waals surface area (Å²) >= 11 is 0. The Bertz CT molecular complexity index is 445. The summed E-state index contributed by atoms with van der Waals surface area (Å²) in [6, 6.07) is 4.56. The lowest BCUT2D eigenvalue weighted by Gasteiger charge is -2.09. The topological polar surface area (TPSA) is 113 Å². The Morgan fingerprint density at radius 2 is 2.12 bits per heavy atom. The third-order valence-electron chi connectivity index (χ3n) is 2.18. The number of hydrogen-bond acceptors (Lipinski definition) is 4. The van der Waals surface area contributed by atoms with E-state index in [0.717, 1.165) is 5.56 Å². The number of hydrogen-bond donors (Lipinski definition) is 4. The predicted octanol–water partition coefficient (Wildman–Crippen LogP) is -0.723. The smallest absolute Gasteiger partial charge is 0.255 e. The van der Waals surface area contributed by atoms with E-state index >= 15 is 0 Å². The van der Waals surface area contributed by atoms with Crippen LogP contribution in [0.25, 0.3) is 0 Å². The molecule has 6 heteroatoms. The predicted molar refractivity (Wildman–Crippen MR) is 60.4 cm³/mol. The summed E-state index contributed by atoms with van der Waals surface area (Å²) in [5.74, 6) is -1.66. The second-order valence-electron chi connectivity index (χ2n) is 3.65. The van der Waals surface area contributed by atoms with Crippen molar-refractivity contribution in [2.45, 2.75) is 13.0 Å². The van der Waals surface area contributed by atoms with Crippen LogP contribution < -0.4 is 11.1 Å². The molecule has 0 aliphatic rings. The number of aliphatic hydroxyl groups is 1. The van der Waals surface area contributed by atoms with Crippen molar-refractivity contribution in [2.75, 3.05) is 6.54 Å². The third kappa shape index (κ3) is 3.46. The quantitative estimate of drug-likeness (QED) is 0.554. The second kappa shape index (κ2) is 5.31. The molecule has 2 amide bonds. The van der Waals surface area contributed by atoms with Crippen LogP contribution in [0.2, 0.25) is 0 Å². The van der Waals surface area contributed by atoms with E-state index in [2.05, 4.69) is 5.32 Å². The fourth-order valence-electron chi connectivity index (χ4n) is 1.22. The number of primary amides is 1. The van der Waals surface area contributed by atoms with E-state index in [1.165, 1.54) is 12.1 Å². The highest BCUT2D eigenvalue weighted by Crippen LogP contribution is 2.17. The van der Waals surface area contributed by atoms with Crippen LogP contribution in [0.3, 0.4) is 0 Å². The van der Waals surface area contributed by atoms with Gasteiger partial charge in [-0.25, -0.2) is 0 Å². The maximum absolute atomic E-state index is 11.6. The zero-order chi connectivity index (χ0) is 13.0. The highest BCUT2D eigenvalue weighted by molar-refractivity contribution is 5.97. The maximum Gasteiger partial charge on any atom is 0.255 e. The van der Waals surface area contributed by atoms with Gasteiger partial charge in [-0.15, -0.1) is 0 Å². The molecule has 0 heterocycles. The molecule has 0 aliphatic carbocycles. The number of phenols is 1. The molecule has 0 bridgehead atoms. The van der Waals surface area contributed by atoms with E-state index in [-0.39, 0.29) is 17.9 Å². The van der Waals surface area contributed by atoms with Crippen LogP contribution in [0.4, 0.5) is 0 Å². The van der Waals surface area contributed by atoms with Gasteiger partial charge in [0.15, 0.2) is 0 Å². The summed E-state index contributed by atoms with van der Waals surface area (Å²) in [4.78, 5) is 22.1. The van der Waals surface area contributed by atoms with E-state index in [0.29, 0.717) is 0 Å². The second-order valence-corrected chi connectivity index (χ2v) is 3.65. The molecule has 6 nitrogen and oxygen atoms in total. The molecule has 1 rings (SSSR count). The first-order valence-electron chi connectivity index (χ1n) is 4.97. The first-order chi connectivity index (χ1) is 7.91. The highest BCUT2D eigenvalue weighted by atomic mass is 16.3. The minimum absolute atomic E-state index is 0.0762. The van der Waals surface area contributed by atoms with Gasteiger partial charge in [0.05, 0.1) is 12.1 Å². The molecule has 92 valence electrons. The summed E-state index contributed by atoms with van der Waals surface area (Å²) in [6.45, 7) is 1.49. The Morgan fingerprint density at radius 1 is 1.47 bits per heavy atom. The molecule has 0 radical (unpaired) electrons. The summed E-state index contributed by atoms with van der Waals surface area (Å²) in [5, 5.41) is 20.9. The van der Waals surface area contributed by atoms with Gasteiger partial charge >= 0.3 is 0 Å². The molecular weight excluding hydrogens is 224 g/mol. The Hall–Kier alpha value is -2.08. The number of aromatic hydroxyl groups is 1. The van der Waals surface area contributed by atoms with Crippen LogP contribution in [0.15, 0.2) is 18.2 Å². The molecule has 5 N–H and O–H groups in total. The van der Waals surface area contributed by atoms with Crippen LogP contribution >= 0.6 is 0 Å². The molecule has 0 aromatic heterocycles. The standard InChI is InChI=1S/C11H14N2O4/c1-6-2-3-7(8(14)4-6)11(17)13-5-9(15)10(12)16/h2-4,9,14-15H,5H2,1H3,(H2,12,16)(H,13,17). The highest BCUT2D eigenvalue weighted by Gasteiger charge is 2.15. The Morgan fingerprint density at radius 3 is 2.65 bits per heavy atom. The molecule has 1 aromatic rings. The van der Waals surface area contributed by atoms with Gasteiger partial charge in [0.2, 0.25) is 5.91 Å². The van der Waals surface area contributed by atoms with Gasteiger partial charge in [-0.2, -0.15) is 0 Å². The first kappa shape index (κ1) is 13.0. The molecule has 0 fully saturated rings. The number of nitrogens with one attached hydrogen (secondary N) is 1. The Balaban J connectivity index is 2.67. The van der Waals surface area contributed by atoms with E-state index in [1.54, 1.807) is 13.0 Å². The van der Waals surface area contributed by atoms with Crippen LogP contribution in [0, 0.1) is 6.92 Å². The zero-order valence-electron chi connectivity index (χ0n) is 9.30. The number of rotatable bonds is 4. The van der Waals surface area contributed by atoms with Crippen molar-refractivity contribution in [1.82, 2.24) is 5.32 Å². The Kier molecular flexibility index (Phi) is 4.06. The van der Waals surface area contributed by atoms with Crippen LogP contribution in [-0.4, -0.2) is 34.7 Å². The molecule has 1 atom stereocenters. The van der Waals surface area contributed by atoms with Crippen molar-refractivity contribution in [3.63, 3.8) is 0 Å². The van der Waals surface area contributed by atoms with Gasteiger partial charge in [0.25, 0.3) is 5.91 Å². The van der Waals surface area contributed by atoms with Gasteiger partial charge in [0.1, 0.15) is 11.9 Å². The monoisotopic (exact) mass is 238 g/mol. The third-order valence-corrected chi connectivity index (χ3v) is 2.18. The van der Waals surface area contributed by atoms with Crippen molar-refractivity contribution in [3.05, 3.63) is 29.3 Å². The average molecular weight is 238 g/mol. The van der Waals surface area contributed by atoms with Crippen molar-refractivity contribution in [3.8, 4) is 5.75 Å². The molecule has 1 aromatic carbocycles. The minimum Gasteiger partial charge on any atom is -0.507 e. The number of carbonyl (C=O) groups excluding carboxylic acids is 2. The van der Waals surface area contributed by atoms with Crippen LogP contribution in [0.1, 0.15) is 15.9 Å². The van der Waals surface area contributed by atoms with Gasteiger partial charge in [-0.05, 0) is 24.6 Å². The lowest BCUT2D eigenvalue weighted by molar-refractivity contribution is -0.125. The Labute approximate surface area is 98.1 Å². The zero-order valence-corrected chi connectivity index (χ0v) is 9.30. The summed E-state index contributed by atoms with van der Waals surface area (Å²) < 4.78 is 0. The lowest BCUT2D eigenvalue weighted by Crippen LogP contribution is -2.39. The van der Waals surface area contributed by atoms with Gasteiger partial charge in [-0.1, -0.05) is 6.07 Å². The minimum atomic E-state index is -1.44. The molecule has 0 saturated carbocycles. The first-order valence-corrected chi connectivity index (χ1v) is 4.97. The summed E-state index contributed by atoms with van der Waals surface area (Å²) in [6.07, 6.45) is -1.44. The van der Waals surface area contributed by atoms with E-state index in [9.17, 15) is 14.7 Å². The lowest BCUT2D eigenvalue weighted by atomic mass is 10.1. The van der Waals surface area contributed by atoms with Gasteiger partial charge < -0.3 is 21.3 Å². The number of phenolic OH excluding ortho intramolecular Hbond substituents is 1. The van der Waals surface area contributed by atoms with Gasteiger partial charge in [0, 0.05) is 0 Å². The number of nitrogens with two attached hydrogens (primary N) is 1. The van der Waals surface area contributed by atoms with Crippen LogP contribution in [-0.2, 0) is 4.79 Å². The molecule has 17 heavy (non-hydrogen) atoms. The van der Waals surface area contributed by atoms with Crippen molar-refractivity contribution in [2.24, 2.45) is 5.73 Å². The van der Waals surface area contributed by atoms with E-state index in [1.807, 2.05) is 0 Å². The largest absolute Gasteiger partial charge is 0.507 e. The van der Waals surface area contributed by atoms with Crippen molar-refractivity contribution in [1.29, 1.82) is 0 Å². The molecular formula is C11H14N2O4. The van der Waals surface area contributed by atoms with Crippen LogP contribution in [0.5, 0.6) is 5.75 Å². The SMILES string of the molecule is Cc1ccc(C(=O)NCC(O)C(N)=O)c(O)c1. The summed E-state index contributed by atoms with van der Waals surface area (Å²) in [7, 11) is 0. The average Bonchev–Trinajstić information content (AvgIpc) is 2.25. The van der Waals surface area contributed by atoms with Gasteiger partial charge in [-0.3, -0.25) is 9.59 Å². The molecule has 0 saturated heterocycles.